The maximum Gasteiger partial charge on any atom is 0.161 e. The molecule has 3 nitrogen and oxygen atoms in total. The number of ether oxygens (including phenoxy) is 1. The van der Waals surface area contributed by atoms with Gasteiger partial charge < -0.3 is 4.74 Å². The standard InChI is InChI=1S/C16H16BrClN2O/c1-9(2)21-12-5-3-4-11(8-12)16-19-14(10-6-7-10)13(17)15(18)20-16/h3-5,8-10H,6-7H2,1-2H3. The van der Waals surface area contributed by atoms with E-state index in [1.165, 1.54) is 12.8 Å². The van der Waals surface area contributed by atoms with Crippen LogP contribution in [0.15, 0.2) is 28.7 Å². The Morgan fingerprint density at radius 3 is 2.71 bits per heavy atom. The summed E-state index contributed by atoms with van der Waals surface area (Å²) in [6, 6.07) is 7.81. The zero-order valence-electron chi connectivity index (χ0n) is 11.9. The Labute approximate surface area is 137 Å². The molecule has 2 aromatic rings. The van der Waals surface area contributed by atoms with Gasteiger partial charge in [-0.15, -0.1) is 0 Å². The average Bonchev–Trinajstić information content (AvgIpc) is 3.25. The smallest absolute Gasteiger partial charge is 0.161 e. The monoisotopic (exact) mass is 366 g/mol. The average molecular weight is 368 g/mol. The van der Waals surface area contributed by atoms with Crippen LogP contribution < -0.4 is 4.74 Å². The molecule has 0 atom stereocenters. The van der Waals surface area contributed by atoms with Gasteiger partial charge >= 0.3 is 0 Å². The molecule has 0 N–H and O–H groups in total. The Morgan fingerprint density at radius 1 is 1.29 bits per heavy atom. The van der Waals surface area contributed by atoms with Gasteiger partial charge in [-0.1, -0.05) is 23.7 Å². The molecule has 0 amide bonds. The Bertz CT molecular complexity index is 671. The van der Waals surface area contributed by atoms with E-state index in [1.54, 1.807) is 0 Å². The van der Waals surface area contributed by atoms with Crippen LogP contribution in [-0.4, -0.2) is 16.1 Å². The van der Waals surface area contributed by atoms with Crippen LogP contribution in [0.2, 0.25) is 5.15 Å². The molecule has 21 heavy (non-hydrogen) atoms. The second-order valence-corrected chi connectivity index (χ2v) is 6.66. The van der Waals surface area contributed by atoms with E-state index >= 15 is 0 Å². The van der Waals surface area contributed by atoms with E-state index in [2.05, 4.69) is 25.9 Å². The van der Waals surface area contributed by atoms with Crippen LogP contribution in [0, 0.1) is 0 Å². The van der Waals surface area contributed by atoms with Gasteiger partial charge in [0.05, 0.1) is 16.3 Å². The normalized spacial score (nSPS) is 14.5. The van der Waals surface area contributed by atoms with E-state index in [0.717, 1.165) is 21.5 Å². The van der Waals surface area contributed by atoms with Crippen molar-refractivity contribution < 1.29 is 4.74 Å². The first kappa shape index (κ1) is 14.8. The minimum atomic E-state index is 0.136. The first-order valence-corrected chi connectivity index (χ1v) is 8.21. The topological polar surface area (TPSA) is 35.0 Å². The second kappa shape index (κ2) is 5.93. The summed E-state index contributed by atoms with van der Waals surface area (Å²) in [4.78, 5) is 9.07. The Morgan fingerprint density at radius 2 is 2.05 bits per heavy atom. The van der Waals surface area contributed by atoms with Gasteiger partial charge in [0, 0.05) is 11.5 Å². The lowest BCUT2D eigenvalue weighted by atomic mass is 10.2. The molecule has 1 fully saturated rings. The number of rotatable bonds is 4. The molecule has 0 saturated heterocycles. The molecular formula is C16H16BrClN2O. The number of benzene rings is 1. The van der Waals surface area contributed by atoms with E-state index < -0.39 is 0 Å². The van der Waals surface area contributed by atoms with Crippen molar-refractivity contribution in [1.82, 2.24) is 9.97 Å². The molecule has 0 radical (unpaired) electrons. The van der Waals surface area contributed by atoms with Crippen LogP contribution in [0.1, 0.15) is 38.3 Å². The molecule has 3 rings (SSSR count). The lowest BCUT2D eigenvalue weighted by Gasteiger charge is -2.11. The van der Waals surface area contributed by atoms with Gasteiger partial charge in [-0.25, -0.2) is 9.97 Å². The summed E-state index contributed by atoms with van der Waals surface area (Å²) in [5, 5.41) is 0.470. The maximum atomic E-state index is 6.24. The van der Waals surface area contributed by atoms with Crippen LogP contribution in [-0.2, 0) is 0 Å². The van der Waals surface area contributed by atoms with Crippen LogP contribution >= 0.6 is 27.5 Å². The summed E-state index contributed by atoms with van der Waals surface area (Å²) in [6.07, 6.45) is 2.47. The van der Waals surface area contributed by atoms with Crippen molar-refractivity contribution in [3.8, 4) is 17.1 Å². The third kappa shape index (κ3) is 3.38. The summed E-state index contributed by atoms with van der Waals surface area (Å²) in [7, 11) is 0. The number of hydrogen-bond donors (Lipinski definition) is 0. The van der Waals surface area contributed by atoms with Gasteiger partial charge in [0.2, 0.25) is 0 Å². The molecule has 1 heterocycles. The number of aromatic nitrogens is 2. The zero-order valence-corrected chi connectivity index (χ0v) is 14.3. The lowest BCUT2D eigenvalue weighted by molar-refractivity contribution is 0.242. The first-order chi connectivity index (χ1) is 10.0. The van der Waals surface area contributed by atoms with Crippen LogP contribution in [0.5, 0.6) is 5.75 Å². The predicted octanol–water partition coefficient (Wildman–Crippen LogP) is 5.22. The summed E-state index contributed by atoms with van der Waals surface area (Å²) in [5.74, 6) is 1.98. The molecule has 0 unspecified atom stereocenters. The molecule has 110 valence electrons. The number of hydrogen-bond acceptors (Lipinski definition) is 3. The molecule has 1 saturated carbocycles. The first-order valence-electron chi connectivity index (χ1n) is 7.04. The third-order valence-electron chi connectivity index (χ3n) is 3.26. The quantitative estimate of drug-likeness (QED) is 0.695. The summed E-state index contributed by atoms with van der Waals surface area (Å²) in [6.45, 7) is 4.01. The number of nitrogens with zero attached hydrogens (tertiary/aromatic N) is 2. The molecule has 1 aromatic carbocycles. The minimum Gasteiger partial charge on any atom is -0.491 e. The highest BCUT2D eigenvalue weighted by Gasteiger charge is 2.29. The molecular weight excluding hydrogens is 352 g/mol. The molecule has 5 heteroatoms. The third-order valence-corrected chi connectivity index (χ3v) is 4.55. The van der Waals surface area contributed by atoms with Crippen molar-refractivity contribution in [2.24, 2.45) is 0 Å². The van der Waals surface area contributed by atoms with E-state index in [-0.39, 0.29) is 6.10 Å². The van der Waals surface area contributed by atoms with Crippen LogP contribution in [0.3, 0.4) is 0 Å². The maximum absolute atomic E-state index is 6.24. The largest absolute Gasteiger partial charge is 0.491 e. The Hall–Kier alpha value is -1.13. The van der Waals surface area contributed by atoms with Crippen molar-refractivity contribution in [2.75, 3.05) is 0 Å². The van der Waals surface area contributed by atoms with E-state index in [4.69, 9.17) is 16.3 Å². The lowest BCUT2D eigenvalue weighted by Crippen LogP contribution is -2.05. The molecule has 0 bridgehead atoms. The van der Waals surface area contributed by atoms with Gasteiger partial charge in [0.15, 0.2) is 5.82 Å². The highest BCUT2D eigenvalue weighted by atomic mass is 79.9. The van der Waals surface area contributed by atoms with Gasteiger partial charge in [-0.2, -0.15) is 0 Å². The van der Waals surface area contributed by atoms with Gasteiger partial charge in [0.1, 0.15) is 10.9 Å². The Balaban J connectivity index is 2.00. The van der Waals surface area contributed by atoms with Crippen LogP contribution in [0.4, 0.5) is 0 Å². The molecule has 0 aliphatic heterocycles. The van der Waals surface area contributed by atoms with Crippen molar-refractivity contribution in [2.45, 2.75) is 38.7 Å². The fourth-order valence-electron chi connectivity index (χ4n) is 2.17. The van der Waals surface area contributed by atoms with Crippen LogP contribution in [0.25, 0.3) is 11.4 Å². The van der Waals surface area contributed by atoms with Gasteiger partial charge in [-0.3, -0.25) is 0 Å². The van der Waals surface area contributed by atoms with E-state index in [0.29, 0.717) is 16.9 Å². The second-order valence-electron chi connectivity index (χ2n) is 5.51. The van der Waals surface area contributed by atoms with E-state index in [1.807, 2.05) is 38.1 Å². The molecule has 1 aromatic heterocycles. The van der Waals surface area contributed by atoms with E-state index in [9.17, 15) is 0 Å². The summed E-state index contributed by atoms with van der Waals surface area (Å²) in [5.41, 5.74) is 1.93. The fourth-order valence-corrected chi connectivity index (χ4v) is 2.85. The highest BCUT2D eigenvalue weighted by molar-refractivity contribution is 9.10. The fraction of sp³-hybridized carbons (Fsp3) is 0.375. The van der Waals surface area contributed by atoms with Crippen molar-refractivity contribution in [1.29, 1.82) is 0 Å². The molecule has 0 spiro atoms. The minimum absolute atomic E-state index is 0.136. The molecule has 1 aliphatic rings. The summed E-state index contributed by atoms with van der Waals surface area (Å²) < 4.78 is 6.55. The van der Waals surface area contributed by atoms with Gasteiger partial charge in [0.25, 0.3) is 0 Å². The highest BCUT2D eigenvalue weighted by Crippen LogP contribution is 2.44. The zero-order chi connectivity index (χ0) is 15.0. The Kier molecular flexibility index (Phi) is 4.18. The van der Waals surface area contributed by atoms with Crippen molar-refractivity contribution in [3.05, 3.63) is 39.6 Å². The number of halogens is 2. The summed E-state index contributed by atoms with van der Waals surface area (Å²) >= 11 is 9.73. The SMILES string of the molecule is CC(C)Oc1cccc(-c2nc(Cl)c(Br)c(C3CC3)n2)c1. The van der Waals surface area contributed by atoms with Crippen molar-refractivity contribution in [3.63, 3.8) is 0 Å². The molecule has 1 aliphatic carbocycles. The van der Waals surface area contributed by atoms with Crippen molar-refractivity contribution >= 4 is 27.5 Å². The predicted molar refractivity (Wildman–Crippen MR) is 87.9 cm³/mol. The van der Waals surface area contributed by atoms with Gasteiger partial charge in [-0.05, 0) is 54.8 Å².